The van der Waals surface area contributed by atoms with Crippen molar-refractivity contribution in [3.63, 3.8) is 0 Å². The molecule has 0 aliphatic rings. The number of allylic oxidation sites excluding steroid dienone is 1. The van der Waals surface area contributed by atoms with Gasteiger partial charge in [-0.15, -0.1) is 6.58 Å². The molecule has 2 aromatic rings. The average molecular weight is 704 g/mol. The fourth-order valence-corrected chi connectivity index (χ4v) is 4.60. The molecule has 0 heterocycles. The number of amides is 2. The molecular weight excluding hydrogens is 685 g/mol. The second kappa shape index (κ2) is 14.0. The van der Waals surface area contributed by atoms with Crippen molar-refractivity contribution in [1.29, 1.82) is 0 Å². The predicted octanol–water partition coefficient (Wildman–Crippen LogP) is 9.03. The summed E-state index contributed by atoms with van der Waals surface area (Å²) in [6.07, 6.45) is -15.4. The molecule has 2 amide bonds. The van der Waals surface area contributed by atoms with Crippen molar-refractivity contribution in [3.8, 4) is 0 Å². The maximum Gasteiger partial charge on any atom is 0.417 e. The normalized spacial score (nSPS) is 14.3. The first-order valence-electron chi connectivity index (χ1n) is 11.8. The van der Waals surface area contributed by atoms with Gasteiger partial charge in [0.05, 0.1) is 38.7 Å². The Morgan fingerprint density at radius 1 is 1.00 bits per heavy atom. The summed E-state index contributed by atoms with van der Waals surface area (Å²) in [5, 5.41) is -1.68. The smallest absolute Gasteiger partial charge is 0.366 e. The number of hydrogen-bond acceptors (Lipinski definition) is 3. The average Bonchev–Trinajstić information content (AvgIpc) is 2.88. The van der Waals surface area contributed by atoms with Crippen LogP contribution < -0.4 is 5.73 Å². The van der Waals surface area contributed by atoms with Gasteiger partial charge in [0.2, 0.25) is 5.91 Å². The van der Waals surface area contributed by atoms with Crippen LogP contribution in [-0.2, 0) is 15.8 Å². The van der Waals surface area contributed by atoms with Crippen LogP contribution in [0.2, 0.25) is 15.1 Å². The van der Waals surface area contributed by atoms with Crippen LogP contribution in [0.4, 0.5) is 43.9 Å². The van der Waals surface area contributed by atoms with E-state index in [-0.39, 0.29) is 16.2 Å². The van der Waals surface area contributed by atoms with Crippen LogP contribution in [0.5, 0.6) is 0 Å². The van der Waals surface area contributed by atoms with E-state index in [9.17, 15) is 49.1 Å². The molecule has 2 aromatic carbocycles. The molecule has 0 aliphatic heterocycles. The van der Waals surface area contributed by atoms with E-state index in [1.165, 1.54) is 0 Å². The van der Waals surface area contributed by atoms with Gasteiger partial charge in [-0.25, -0.2) is 9.45 Å². The molecule has 2 rings (SSSR count). The Morgan fingerprint density at radius 2 is 1.52 bits per heavy atom. The van der Waals surface area contributed by atoms with E-state index in [1.54, 1.807) is 0 Å². The van der Waals surface area contributed by atoms with Crippen LogP contribution in [0.1, 0.15) is 51.4 Å². The fraction of sp³-hybridized carbons (Fsp3) is 0.308. The second-order valence-electron chi connectivity index (χ2n) is 8.94. The molecule has 0 saturated carbocycles. The lowest BCUT2D eigenvalue weighted by atomic mass is 9.85. The number of hydroxylamine groups is 2. The van der Waals surface area contributed by atoms with Gasteiger partial charge in [-0.3, -0.25) is 14.4 Å². The summed E-state index contributed by atoms with van der Waals surface area (Å²) in [6.45, 7) is 0.900. The lowest BCUT2D eigenvalue weighted by Gasteiger charge is -2.28. The number of nitrogens with zero attached hydrogens (tertiary/aromatic N) is 1. The topological polar surface area (TPSA) is 72.6 Å². The molecule has 5 nitrogen and oxygen atoms in total. The van der Waals surface area contributed by atoms with Crippen LogP contribution in [0.25, 0.3) is 5.83 Å². The maximum atomic E-state index is 15.8. The summed E-state index contributed by atoms with van der Waals surface area (Å²) in [6, 6.07) is 2.12. The Labute approximate surface area is 257 Å². The van der Waals surface area contributed by atoms with E-state index in [0.717, 1.165) is 6.08 Å². The molecule has 18 heteroatoms. The Kier molecular flexibility index (Phi) is 11.8. The van der Waals surface area contributed by atoms with Crippen molar-refractivity contribution in [1.82, 2.24) is 5.06 Å². The molecule has 0 saturated heterocycles. The van der Waals surface area contributed by atoms with E-state index >= 15 is 4.39 Å². The van der Waals surface area contributed by atoms with Crippen molar-refractivity contribution in [3.05, 3.63) is 85.9 Å². The Balaban J connectivity index is 2.94. The number of halogens is 13. The molecule has 0 bridgehead atoms. The third-order valence-corrected chi connectivity index (χ3v) is 7.00. The summed E-state index contributed by atoms with van der Waals surface area (Å²) in [4.78, 5) is 29.6. The first-order chi connectivity index (χ1) is 20.0. The number of carbonyl (C=O) groups excluding carboxylic acids is 2. The summed E-state index contributed by atoms with van der Waals surface area (Å²) >= 11 is 17.3. The van der Waals surface area contributed by atoms with Gasteiger partial charge in [0, 0.05) is 5.56 Å². The quantitative estimate of drug-likeness (QED) is 0.116. The van der Waals surface area contributed by atoms with Gasteiger partial charge in [0.15, 0.2) is 0 Å². The summed E-state index contributed by atoms with van der Waals surface area (Å²) in [7, 11) is 0. The van der Waals surface area contributed by atoms with Crippen LogP contribution in [0, 0.1) is 0 Å². The molecule has 44 heavy (non-hydrogen) atoms. The third kappa shape index (κ3) is 9.02. The molecule has 1 unspecified atom stereocenters. The largest absolute Gasteiger partial charge is 0.417 e. The van der Waals surface area contributed by atoms with Crippen LogP contribution in [-0.4, -0.2) is 42.4 Å². The molecule has 0 aliphatic carbocycles. The monoisotopic (exact) mass is 702 g/mol. The summed E-state index contributed by atoms with van der Waals surface area (Å²) < 4.78 is 141. The Hall–Kier alpha value is -3.01. The minimum atomic E-state index is -5.62. The first-order valence-corrected chi connectivity index (χ1v) is 12.9. The number of benzene rings is 2. The van der Waals surface area contributed by atoms with Gasteiger partial charge in [-0.2, -0.15) is 39.5 Å². The Morgan fingerprint density at radius 3 is 1.95 bits per heavy atom. The minimum absolute atomic E-state index is 0.169. The lowest BCUT2D eigenvalue weighted by Crippen LogP contribution is -2.41. The molecule has 242 valence electrons. The zero-order valence-corrected chi connectivity index (χ0v) is 24.2. The van der Waals surface area contributed by atoms with Crippen molar-refractivity contribution < 1.29 is 58.3 Å². The van der Waals surface area contributed by atoms with Crippen LogP contribution >= 0.6 is 34.8 Å². The maximum absolute atomic E-state index is 15.8. The number of carbonyl (C=O) groups is 2. The summed E-state index contributed by atoms with van der Waals surface area (Å²) in [5.74, 6) is -10.9. The number of alkyl halides is 9. The fourth-order valence-electron chi connectivity index (χ4n) is 3.99. The number of rotatable bonds is 10. The second-order valence-corrected chi connectivity index (χ2v) is 10.1. The van der Waals surface area contributed by atoms with E-state index in [2.05, 4.69) is 11.4 Å². The van der Waals surface area contributed by atoms with E-state index in [4.69, 9.17) is 40.5 Å². The van der Waals surface area contributed by atoms with E-state index < -0.39 is 99.0 Å². The molecule has 2 N–H and O–H groups in total. The molecule has 2 atom stereocenters. The van der Waals surface area contributed by atoms with Crippen molar-refractivity contribution in [2.45, 2.75) is 37.3 Å². The van der Waals surface area contributed by atoms with Gasteiger partial charge in [-0.1, -0.05) is 46.9 Å². The van der Waals surface area contributed by atoms with Crippen molar-refractivity contribution in [2.75, 3.05) is 13.2 Å². The zero-order valence-electron chi connectivity index (χ0n) is 21.9. The highest BCUT2D eigenvalue weighted by atomic mass is 35.5. The third-order valence-electron chi connectivity index (χ3n) is 5.80. The number of primary amides is 1. The minimum Gasteiger partial charge on any atom is -0.366 e. The van der Waals surface area contributed by atoms with Gasteiger partial charge in [0.1, 0.15) is 18.3 Å². The highest BCUT2D eigenvalue weighted by Gasteiger charge is 2.45. The van der Waals surface area contributed by atoms with E-state index in [1.807, 2.05) is 0 Å². The number of hydrogen-bond donors (Lipinski definition) is 1. The first kappa shape index (κ1) is 37.2. The van der Waals surface area contributed by atoms with Crippen LogP contribution in [0.3, 0.4) is 0 Å². The lowest BCUT2D eigenvalue weighted by molar-refractivity contribution is -0.230. The standard InChI is InChI=1S/C26H19Cl3F10N2O3/c1-3-6-44-41(10-24(31,32)33)23(43)11(2)19-13(4-5-14(22(40)42)20(19)26(37,38)39)18(30)9-15(25(34,35)36)12-7-16(27)21(29)17(28)8-12/h3-5,7-9,11,15H,1,6,10H2,2H3,(H2,40,42)/b18-9-/t11-,15?/m1/s1. The molecule has 0 radical (unpaired) electrons. The van der Waals surface area contributed by atoms with Crippen molar-refractivity contribution >= 4 is 52.4 Å². The SMILES string of the molecule is C=CCON(CC(F)(F)F)C(=O)[C@H](C)c1c(/C(F)=C/C(c2cc(Cl)c(Cl)c(Cl)c2)C(F)(F)F)ccc(C(N)=O)c1C(F)(F)F. The van der Waals surface area contributed by atoms with Crippen LogP contribution in [0.15, 0.2) is 43.0 Å². The van der Waals surface area contributed by atoms with Gasteiger partial charge >= 0.3 is 18.5 Å². The van der Waals surface area contributed by atoms with Crippen molar-refractivity contribution in [2.24, 2.45) is 5.73 Å². The van der Waals surface area contributed by atoms with Gasteiger partial charge in [-0.05, 0) is 42.3 Å². The van der Waals surface area contributed by atoms with E-state index in [0.29, 0.717) is 31.2 Å². The molecule has 0 fully saturated rings. The highest BCUT2D eigenvalue weighted by molar-refractivity contribution is 6.48. The number of nitrogens with two attached hydrogens (primary N) is 1. The Bertz CT molecular complexity index is 1430. The van der Waals surface area contributed by atoms with Gasteiger partial charge < -0.3 is 5.73 Å². The molecule has 0 aromatic heterocycles. The molecular formula is C26H19Cl3F10N2O3. The zero-order chi connectivity index (χ0) is 33.9. The van der Waals surface area contributed by atoms with Gasteiger partial charge in [0.25, 0.3) is 5.91 Å². The summed E-state index contributed by atoms with van der Waals surface area (Å²) in [5.41, 5.74) is -1.98. The predicted molar refractivity (Wildman–Crippen MR) is 142 cm³/mol. The highest BCUT2D eigenvalue weighted by Crippen LogP contribution is 2.45. The molecule has 0 spiro atoms.